The number of nitrogens with two attached hydrogens (primary N) is 1. The van der Waals surface area contributed by atoms with Crippen molar-refractivity contribution < 1.29 is 31.8 Å². The molecule has 2 aromatic rings. The van der Waals surface area contributed by atoms with Crippen molar-refractivity contribution in [3.8, 4) is 0 Å². The van der Waals surface area contributed by atoms with Gasteiger partial charge >= 0.3 is 6.18 Å². The first-order valence-corrected chi connectivity index (χ1v) is 12.6. The third-order valence-corrected chi connectivity index (χ3v) is 5.81. The van der Waals surface area contributed by atoms with E-state index in [1.165, 1.54) is 22.4 Å². The maximum atomic E-state index is 12.4. The summed E-state index contributed by atoms with van der Waals surface area (Å²) in [5.41, 5.74) is 8.81. The number of ether oxygens (including phenoxy) is 2. The standard InChI is InChI=1S/C11H14N2O2.C6H4F3NO.C6H10FNO.C3H8/c1-6-10-8(4-15-6)7-2-3-14-5-9(7)13-11(10)12;7-6(8,9)4-2-1-3-5(11)10-4;7-6-2-1-3-8(4-6)5-9;1-3-2/h6H,2-5H2,1H3,(H2,12,13);1-3H,(H,10,11);5-6H,1-4H2;3H2,1-2H3/t6-;;6-;/m1.1./s1. The summed E-state index contributed by atoms with van der Waals surface area (Å²) in [5.74, 6) is 0.610. The summed E-state index contributed by atoms with van der Waals surface area (Å²) in [4.78, 5) is 28.0. The second-order valence-corrected chi connectivity index (χ2v) is 9.04. The molecule has 12 heteroatoms. The molecular formula is C26H36F4N4O4. The van der Waals surface area contributed by atoms with Crippen LogP contribution in [0.1, 0.15) is 74.2 Å². The van der Waals surface area contributed by atoms with Crippen LogP contribution in [0.3, 0.4) is 0 Å². The van der Waals surface area contributed by atoms with Crippen LogP contribution in [-0.4, -0.2) is 47.1 Å². The predicted octanol–water partition coefficient (Wildman–Crippen LogP) is 4.71. The number of aromatic amines is 1. The van der Waals surface area contributed by atoms with E-state index in [0.717, 1.165) is 55.4 Å². The molecular weight excluding hydrogens is 508 g/mol. The van der Waals surface area contributed by atoms with Gasteiger partial charge in [-0.25, -0.2) is 9.37 Å². The smallest absolute Gasteiger partial charge is 0.383 e. The van der Waals surface area contributed by atoms with Gasteiger partial charge in [-0.3, -0.25) is 9.59 Å². The maximum absolute atomic E-state index is 12.4. The number of rotatable bonds is 1. The molecule has 38 heavy (non-hydrogen) atoms. The fourth-order valence-electron chi connectivity index (χ4n) is 4.09. The quantitative estimate of drug-likeness (QED) is 0.397. The summed E-state index contributed by atoms with van der Waals surface area (Å²) in [6, 6.07) is 2.89. The Bertz CT molecular complexity index is 1090. The molecule has 212 valence electrons. The van der Waals surface area contributed by atoms with Crippen molar-refractivity contribution >= 4 is 12.2 Å². The number of piperidine rings is 1. The van der Waals surface area contributed by atoms with Gasteiger partial charge in [-0.05, 0) is 43.4 Å². The fraction of sp³-hybridized carbons (Fsp3) is 0.577. The van der Waals surface area contributed by atoms with Crippen molar-refractivity contribution in [1.82, 2.24) is 14.9 Å². The highest BCUT2D eigenvalue weighted by atomic mass is 19.4. The Morgan fingerprint density at radius 2 is 1.95 bits per heavy atom. The van der Waals surface area contributed by atoms with Gasteiger partial charge in [-0.15, -0.1) is 0 Å². The maximum Gasteiger partial charge on any atom is 0.431 e. The molecule has 1 amide bonds. The number of carbonyl (C=O) groups excluding carboxylic acids is 1. The number of amides is 1. The third-order valence-electron chi connectivity index (χ3n) is 5.81. The van der Waals surface area contributed by atoms with Gasteiger partial charge < -0.3 is 25.1 Å². The molecule has 3 aliphatic rings. The molecule has 3 aliphatic heterocycles. The average Bonchev–Trinajstić information content (AvgIpc) is 3.27. The fourth-order valence-corrected chi connectivity index (χ4v) is 4.09. The summed E-state index contributed by atoms with van der Waals surface area (Å²) in [7, 11) is 0. The number of hydrogen-bond donors (Lipinski definition) is 2. The number of nitrogen functional groups attached to an aromatic ring is 1. The number of hydrogen-bond acceptors (Lipinski definition) is 6. The number of pyridine rings is 2. The molecule has 0 aromatic carbocycles. The molecule has 0 saturated carbocycles. The van der Waals surface area contributed by atoms with Crippen molar-refractivity contribution in [3.63, 3.8) is 0 Å². The number of aromatic nitrogens is 2. The largest absolute Gasteiger partial charge is 0.431 e. The molecule has 3 N–H and O–H groups in total. The number of H-pyrrole nitrogens is 1. The van der Waals surface area contributed by atoms with Crippen molar-refractivity contribution in [2.75, 3.05) is 25.4 Å². The van der Waals surface area contributed by atoms with Crippen molar-refractivity contribution in [2.24, 2.45) is 0 Å². The SMILES string of the molecule is CCC.C[C@H]1OCc2c3c(nc(N)c21)COCC3.O=CN1CCC[C@@H](F)C1.O=c1cccc(C(F)(F)F)[nH]1. The number of nitrogens with one attached hydrogen (secondary N) is 1. The minimum absolute atomic E-state index is 0.0839. The number of likely N-dealkylation sites (tertiary alicyclic amines) is 1. The van der Waals surface area contributed by atoms with E-state index in [4.69, 9.17) is 15.2 Å². The molecule has 2 aromatic heterocycles. The summed E-state index contributed by atoms with van der Waals surface area (Å²) < 4.78 is 58.8. The summed E-state index contributed by atoms with van der Waals surface area (Å²) in [6.45, 7) is 9.33. The van der Waals surface area contributed by atoms with E-state index < -0.39 is 23.6 Å². The first-order chi connectivity index (χ1) is 18.0. The van der Waals surface area contributed by atoms with Crippen LogP contribution in [0.15, 0.2) is 23.0 Å². The number of halogens is 4. The lowest BCUT2D eigenvalue weighted by molar-refractivity contribution is -0.141. The van der Waals surface area contributed by atoms with E-state index in [9.17, 15) is 27.2 Å². The van der Waals surface area contributed by atoms with Crippen molar-refractivity contribution in [3.05, 3.63) is 56.6 Å². The van der Waals surface area contributed by atoms with Crippen molar-refractivity contribution in [1.29, 1.82) is 0 Å². The number of nitrogens with zero attached hydrogens (tertiary/aromatic N) is 2. The van der Waals surface area contributed by atoms with E-state index in [-0.39, 0.29) is 6.10 Å². The van der Waals surface area contributed by atoms with Gasteiger partial charge in [0.1, 0.15) is 17.7 Å². The van der Waals surface area contributed by atoms with Gasteiger partial charge in [0.05, 0.1) is 38.2 Å². The minimum atomic E-state index is -4.47. The van der Waals surface area contributed by atoms with Gasteiger partial charge in [0.2, 0.25) is 12.0 Å². The second-order valence-electron chi connectivity index (χ2n) is 9.04. The first kappa shape index (κ1) is 31.2. The highest BCUT2D eigenvalue weighted by molar-refractivity contribution is 5.53. The highest BCUT2D eigenvalue weighted by Gasteiger charge is 2.31. The zero-order valence-corrected chi connectivity index (χ0v) is 21.9. The van der Waals surface area contributed by atoms with Crippen LogP contribution in [-0.2, 0) is 40.1 Å². The zero-order chi connectivity index (χ0) is 28.3. The molecule has 0 bridgehead atoms. The average molecular weight is 545 g/mol. The van der Waals surface area contributed by atoms with Gasteiger partial charge in [-0.1, -0.05) is 26.3 Å². The Morgan fingerprint density at radius 1 is 1.24 bits per heavy atom. The summed E-state index contributed by atoms with van der Waals surface area (Å²) >= 11 is 0. The normalized spacial score (nSPS) is 19.8. The van der Waals surface area contributed by atoms with Crippen LogP contribution >= 0.6 is 0 Å². The molecule has 8 nitrogen and oxygen atoms in total. The first-order valence-electron chi connectivity index (χ1n) is 12.6. The second kappa shape index (κ2) is 14.8. The monoisotopic (exact) mass is 544 g/mol. The lowest BCUT2D eigenvalue weighted by Gasteiger charge is -2.24. The van der Waals surface area contributed by atoms with Gasteiger partial charge in [0, 0.05) is 18.2 Å². The Balaban J connectivity index is 0.000000197. The minimum Gasteiger partial charge on any atom is -0.383 e. The Morgan fingerprint density at radius 3 is 2.50 bits per heavy atom. The molecule has 0 radical (unpaired) electrons. The third kappa shape index (κ3) is 9.09. The molecule has 0 spiro atoms. The topological polar surface area (TPSA) is 111 Å². The van der Waals surface area contributed by atoms with Crippen LogP contribution in [0.4, 0.5) is 23.4 Å². The Kier molecular flexibility index (Phi) is 12.2. The highest BCUT2D eigenvalue weighted by Crippen LogP contribution is 2.38. The van der Waals surface area contributed by atoms with Crippen LogP contribution < -0.4 is 11.3 Å². The van der Waals surface area contributed by atoms with Crippen LogP contribution in [0, 0.1) is 0 Å². The van der Waals surface area contributed by atoms with Crippen LogP contribution in [0.2, 0.25) is 0 Å². The number of carbonyl (C=O) groups is 1. The molecule has 0 unspecified atom stereocenters. The molecule has 5 rings (SSSR count). The van der Waals surface area contributed by atoms with E-state index >= 15 is 0 Å². The van der Waals surface area contributed by atoms with Gasteiger partial charge in [0.15, 0.2) is 0 Å². The summed E-state index contributed by atoms with van der Waals surface area (Å²) in [5, 5.41) is 0. The molecule has 5 heterocycles. The number of anilines is 1. The lowest BCUT2D eigenvalue weighted by Crippen LogP contribution is -2.35. The van der Waals surface area contributed by atoms with Crippen LogP contribution in [0.25, 0.3) is 0 Å². The Labute approximate surface area is 219 Å². The molecule has 1 fully saturated rings. The van der Waals surface area contributed by atoms with Crippen molar-refractivity contribution in [2.45, 2.75) is 78.1 Å². The molecule has 1 saturated heterocycles. The van der Waals surface area contributed by atoms with Crippen LogP contribution in [0.5, 0.6) is 0 Å². The number of fused-ring (bicyclic) bond motifs is 3. The number of alkyl halides is 4. The Hall–Kier alpha value is -2.99. The van der Waals surface area contributed by atoms with E-state index in [2.05, 4.69) is 18.8 Å². The van der Waals surface area contributed by atoms with E-state index in [1.807, 2.05) is 6.92 Å². The van der Waals surface area contributed by atoms with E-state index in [0.29, 0.717) is 38.4 Å². The molecule has 2 atom stereocenters. The van der Waals surface area contributed by atoms with Gasteiger partial charge in [-0.2, -0.15) is 13.2 Å². The predicted molar refractivity (Wildman–Crippen MR) is 135 cm³/mol. The summed E-state index contributed by atoms with van der Waals surface area (Å²) in [6.07, 6.45) is -0.859. The lowest BCUT2D eigenvalue weighted by atomic mass is 9.97. The zero-order valence-electron chi connectivity index (χ0n) is 21.9. The van der Waals surface area contributed by atoms with E-state index in [1.54, 1.807) is 4.98 Å². The van der Waals surface area contributed by atoms with Gasteiger partial charge in [0.25, 0.3) is 0 Å². The molecule has 0 aliphatic carbocycles.